The number of nitrogens with one attached hydrogen (secondary N) is 1. The van der Waals surface area contributed by atoms with Crippen molar-refractivity contribution in [2.75, 3.05) is 19.5 Å². The van der Waals surface area contributed by atoms with Gasteiger partial charge >= 0.3 is 0 Å². The largest absolute Gasteiger partial charge is 0.493 e. The molecule has 26 heavy (non-hydrogen) atoms. The lowest BCUT2D eigenvalue weighted by Gasteiger charge is -2.19. The van der Waals surface area contributed by atoms with Crippen LogP contribution in [0.15, 0.2) is 42.5 Å². The fourth-order valence-electron chi connectivity index (χ4n) is 2.77. The Bertz CT molecular complexity index is 745. The van der Waals surface area contributed by atoms with E-state index in [0.717, 1.165) is 11.3 Å². The van der Waals surface area contributed by atoms with Gasteiger partial charge < -0.3 is 14.8 Å². The number of hydrogen-bond acceptors (Lipinski definition) is 3. The van der Waals surface area contributed by atoms with E-state index >= 15 is 0 Å². The van der Waals surface area contributed by atoms with Gasteiger partial charge in [-0.3, -0.25) is 4.79 Å². The zero-order chi connectivity index (χ0) is 19.3. The molecule has 0 aliphatic carbocycles. The van der Waals surface area contributed by atoms with E-state index in [-0.39, 0.29) is 17.2 Å². The summed E-state index contributed by atoms with van der Waals surface area (Å²) in [6, 6.07) is 13.8. The molecule has 1 atom stereocenters. The average molecular weight is 355 g/mol. The van der Waals surface area contributed by atoms with Crippen molar-refractivity contribution in [1.82, 2.24) is 0 Å². The Labute approximate surface area is 156 Å². The number of hydrogen-bond donors (Lipinski definition) is 1. The van der Waals surface area contributed by atoms with Crippen LogP contribution in [0.4, 0.5) is 5.69 Å². The SMILES string of the molecule is COc1ccc(CC(C)C(=O)Nc2ccc(C(C)(C)C)cc2)cc1OC. The van der Waals surface area contributed by atoms with Gasteiger partial charge in [0.2, 0.25) is 5.91 Å². The van der Waals surface area contributed by atoms with Crippen LogP contribution in [0.25, 0.3) is 0 Å². The second-order valence-electron chi connectivity index (χ2n) is 7.61. The Morgan fingerprint density at radius 2 is 1.62 bits per heavy atom. The van der Waals surface area contributed by atoms with Crippen LogP contribution in [0.2, 0.25) is 0 Å². The summed E-state index contributed by atoms with van der Waals surface area (Å²) in [5, 5.41) is 3.00. The second kappa shape index (κ2) is 8.26. The molecule has 2 aromatic carbocycles. The highest BCUT2D eigenvalue weighted by atomic mass is 16.5. The Morgan fingerprint density at radius 3 is 2.15 bits per heavy atom. The Kier molecular flexibility index (Phi) is 6.30. The molecule has 0 saturated heterocycles. The molecule has 2 rings (SSSR count). The summed E-state index contributed by atoms with van der Waals surface area (Å²) < 4.78 is 10.6. The number of ether oxygens (including phenoxy) is 2. The predicted octanol–water partition coefficient (Wildman–Crippen LogP) is 4.82. The molecule has 4 heteroatoms. The van der Waals surface area contributed by atoms with Crippen molar-refractivity contribution < 1.29 is 14.3 Å². The van der Waals surface area contributed by atoms with Crippen LogP contribution >= 0.6 is 0 Å². The third-order valence-corrected chi connectivity index (χ3v) is 4.46. The first kappa shape index (κ1) is 19.8. The Balaban J connectivity index is 2.01. The minimum atomic E-state index is -0.157. The quantitative estimate of drug-likeness (QED) is 0.808. The molecule has 0 aliphatic heterocycles. The van der Waals surface area contributed by atoms with Crippen molar-refractivity contribution in [2.45, 2.75) is 39.5 Å². The molecule has 0 heterocycles. The van der Waals surface area contributed by atoms with Crippen LogP contribution in [0.5, 0.6) is 11.5 Å². The van der Waals surface area contributed by atoms with E-state index in [1.165, 1.54) is 5.56 Å². The van der Waals surface area contributed by atoms with Crippen LogP contribution in [-0.2, 0) is 16.6 Å². The first-order chi connectivity index (χ1) is 12.2. The second-order valence-corrected chi connectivity index (χ2v) is 7.61. The fraction of sp³-hybridized carbons (Fsp3) is 0.409. The zero-order valence-corrected chi connectivity index (χ0v) is 16.6. The summed E-state index contributed by atoms with van der Waals surface area (Å²) in [6.07, 6.45) is 0.631. The standard InChI is InChI=1S/C22H29NO3/c1-15(13-16-7-12-19(25-5)20(14-16)26-6)21(24)23-18-10-8-17(9-11-18)22(2,3)4/h7-12,14-15H,13H2,1-6H3,(H,23,24). The number of carbonyl (C=O) groups excluding carboxylic acids is 1. The van der Waals surface area contributed by atoms with Crippen LogP contribution in [-0.4, -0.2) is 20.1 Å². The maximum atomic E-state index is 12.5. The van der Waals surface area contributed by atoms with E-state index in [9.17, 15) is 4.79 Å². The molecule has 0 radical (unpaired) electrons. The van der Waals surface area contributed by atoms with Gasteiger partial charge in [-0.2, -0.15) is 0 Å². The maximum absolute atomic E-state index is 12.5. The van der Waals surface area contributed by atoms with Crippen molar-refractivity contribution >= 4 is 11.6 Å². The smallest absolute Gasteiger partial charge is 0.227 e. The molecule has 1 unspecified atom stereocenters. The van der Waals surface area contributed by atoms with E-state index in [4.69, 9.17) is 9.47 Å². The first-order valence-corrected chi connectivity index (χ1v) is 8.87. The molecule has 140 valence electrons. The van der Waals surface area contributed by atoms with E-state index in [1.54, 1.807) is 14.2 Å². The van der Waals surface area contributed by atoms with E-state index in [2.05, 4.69) is 38.2 Å². The summed E-state index contributed by atoms with van der Waals surface area (Å²) in [4.78, 5) is 12.5. The number of carbonyl (C=O) groups is 1. The molecule has 1 amide bonds. The number of rotatable bonds is 6. The molecule has 0 aliphatic rings. The minimum Gasteiger partial charge on any atom is -0.493 e. The van der Waals surface area contributed by atoms with Gasteiger partial charge in [-0.1, -0.05) is 45.9 Å². The summed E-state index contributed by atoms with van der Waals surface area (Å²) >= 11 is 0. The van der Waals surface area contributed by atoms with E-state index < -0.39 is 0 Å². The average Bonchev–Trinajstić information content (AvgIpc) is 2.61. The number of anilines is 1. The maximum Gasteiger partial charge on any atom is 0.227 e. The van der Waals surface area contributed by atoms with Gasteiger partial charge in [0.15, 0.2) is 11.5 Å². The lowest BCUT2D eigenvalue weighted by Crippen LogP contribution is -2.22. The lowest BCUT2D eigenvalue weighted by molar-refractivity contribution is -0.119. The lowest BCUT2D eigenvalue weighted by atomic mass is 9.87. The Hall–Kier alpha value is -2.49. The number of benzene rings is 2. The van der Waals surface area contributed by atoms with Gasteiger partial charge in [0.1, 0.15) is 0 Å². The summed E-state index contributed by atoms with van der Waals surface area (Å²) in [5.74, 6) is 1.21. The molecule has 0 saturated carbocycles. The van der Waals surface area contributed by atoms with Crippen LogP contribution in [0.1, 0.15) is 38.8 Å². The van der Waals surface area contributed by atoms with Crippen LogP contribution in [0.3, 0.4) is 0 Å². The summed E-state index contributed by atoms with van der Waals surface area (Å²) in [6.45, 7) is 8.44. The van der Waals surface area contributed by atoms with Crippen molar-refractivity contribution in [3.63, 3.8) is 0 Å². The minimum absolute atomic E-state index is 0.00305. The summed E-state index contributed by atoms with van der Waals surface area (Å²) in [7, 11) is 3.22. The fourth-order valence-corrected chi connectivity index (χ4v) is 2.77. The van der Waals surface area contributed by atoms with Crippen molar-refractivity contribution in [3.8, 4) is 11.5 Å². The highest BCUT2D eigenvalue weighted by Gasteiger charge is 2.16. The van der Waals surface area contributed by atoms with Gasteiger partial charge in [0, 0.05) is 11.6 Å². The third kappa shape index (κ3) is 5.01. The highest BCUT2D eigenvalue weighted by Crippen LogP contribution is 2.29. The van der Waals surface area contributed by atoms with Crippen molar-refractivity contribution in [1.29, 1.82) is 0 Å². The van der Waals surface area contributed by atoms with Crippen LogP contribution < -0.4 is 14.8 Å². The molecule has 0 fully saturated rings. The Morgan fingerprint density at radius 1 is 1.00 bits per heavy atom. The van der Waals surface area contributed by atoms with Gasteiger partial charge in [0.25, 0.3) is 0 Å². The molecule has 0 spiro atoms. The third-order valence-electron chi connectivity index (χ3n) is 4.46. The molecule has 0 bridgehead atoms. The van der Waals surface area contributed by atoms with E-state index in [0.29, 0.717) is 17.9 Å². The molecular formula is C22H29NO3. The molecule has 2 aromatic rings. The van der Waals surface area contributed by atoms with Crippen LogP contribution in [0, 0.1) is 5.92 Å². The first-order valence-electron chi connectivity index (χ1n) is 8.87. The van der Waals surface area contributed by atoms with Crippen molar-refractivity contribution in [3.05, 3.63) is 53.6 Å². The number of amides is 1. The van der Waals surface area contributed by atoms with Gasteiger partial charge in [-0.05, 0) is 47.2 Å². The molecule has 0 aromatic heterocycles. The monoisotopic (exact) mass is 355 g/mol. The normalized spacial score (nSPS) is 12.4. The molecule has 4 nitrogen and oxygen atoms in total. The van der Waals surface area contributed by atoms with Gasteiger partial charge in [0.05, 0.1) is 14.2 Å². The van der Waals surface area contributed by atoms with Gasteiger partial charge in [-0.25, -0.2) is 0 Å². The molecule has 1 N–H and O–H groups in total. The number of methoxy groups -OCH3 is 2. The molecular weight excluding hydrogens is 326 g/mol. The topological polar surface area (TPSA) is 47.6 Å². The van der Waals surface area contributed by atoms with Crippen molar-refractivity contribution in [2.24, 2.45) is 5.92 Å². The predicted molar refractivity (Wildman–Crippen MR) is 106 cm³/mol. The summed E-state index contributed by atoms with van der Waals surface area (Å²) in [5.41, 5.74) is 3.20. The van der Waals surface area contributed by atoms with E-state index in [1.807, 2.05) is 37.3 Å². The zero-order valence-electron chi connectivity index (χ0n) is 16.6. The van der Waals surface area contributed by atoms with Gasteiger partial charge in [-0.15, -0.1) is 0 Å². The highest BCUT2D eigenvalue weighted by molar-refractivity contribution is 5.92.